The summed E-state index contributed by atoms with van der Waals surface area (Å²) in [5.74, 6) is 0.576. The number of pyridine rings is 1. The Morgan fingerprint density at radius 2 is 2.21 bits per heavy atom. The molecule has 1 aliphatic carbocycles. The van der Waals surface area contributed by atoms with Crippen LogP contribution in [-0.4, -0.2) is 11.0 Å². The normalized spacial score (nSPS) is 27.6. The molecule has 1 aromatic heterocycles. The van der Waals surface area contributed by atoms with Crippen LogP contribution in [0, 0.1) is 0 Å². The molecule has 0 saturated heterocycles. The summed E-state index contributed by atoms with van der Waals surface area (Å²) >= 11 is 3.39. The van der Waals surface area contributed by atoms with Crippen LogP contribution >= 0.6 is 15.9 Å². The number of hydrogen-bond acceptors (Lipinski definition) is 2. The van der Waals surface area contributed by atoms with Gasteiger partial charge in [-0.05, 0) is 47.3 Å². The predicted molar refractivity (Wildman–Crippen MR) is 61.1 cm³/mol. The van der Waals surface area contributed by atoms with Crippen molar-refractivity contribution >= 4 is 15.9 Å². The number of aromatic nitrogens is 1. The van der Waals surface area contributed by atoms with Crippen LogP contribution < -0.4 is 5.73 Å². The van der Waals surface area contributed by atoms with Gasteiger partial charge >= 0.3 is 0 Å². The van der Waals surface area contributed by atoms with Crippen molar-refractivity contribution in [1.29, 1.82) is 0 Å². The van der Waals surface area contributed by atoms with E-state index in [1.165, 1.54) is 25.0 Å². The lowest BCUT2D eigenvalue weighted by atomic mass is 9.84. The highest BCUT2D eigenvalue weighted by Crippen LogP contribution is 2.31. The van der Waals surface area contributed by atoms with Gasteiger partial charge in [0.1, 0.15) is 0 Å². The molecule has 1 aromatic rings. The second kappa shape index (κ2) is 4.41. The number of hydrogen-bond donors (Lipinski definition) is 1. The number of rotatable bonds is 1. The average molecular weight is 255 g/mol. The third-order valence-electron chi connectivity index (χ3n) is 2.88. The quantitative estimate of drug-likeness (QED) is 0.838. The first kappa shape index (κ1) is 10.1. The summed E-state index contributed by atoms with van der Waals surface area (Å²) in [6.45, 7) is 0. The standard InChI is InChI=1S/C11H15BrN2/c12-9-4-5-11(14-7-9)8-2-1-3-10(13)6-8/h4-5,7-8,10H,1-3,6,13H2. The number of halogens is 1. The van der Waals surface area contributed by atoms with Gasteiger partial charge in [0.25, 0.3) is 0 Å². The Kier molecular flexibility index (Phi) is 3.19. The van der Waals surface area contributed by atoms with Gasteiger partial charge in [0.05, 0.1) is 0 Å². The van der Waals surface area contributed by atoms with E-state index in [0.717, 1.165) is 10.9 Å². The Labute approximate surface area is 93.0 Å². The van der Waals surface area contributed by atoms with E-state index < -0.39 is 0 Å². The molecule has 1 heterocycles. The van der Waals surface area contributed by atoms with Crippen LogP contribution in [0.3, 0.4) is 0 Å². The second-order valence-electron chi connectivity index (χ2n) is 4.02. The lowest BCUT2D eigenvalue weighted by Crippen LogP contribution is -2.27. The lowest BCUT2D eigenvalue weighted by molar-refractivity contribution is 0.388. The molecule has 0 bridgehead atoms. The maximum Gasteiger partial charge on any atom is 0.0435 e. The summed E-state index contributed by atoms with van der Waals surface area (Å²) < 4.78 is 1.04. The molecule has 14 heavy (non-hydrogen) atoms. The summed E-state index contributed by atoms with van der Waals surface area (Å²) in [4.78, 5) is 4.43. The minimum atomic E-state index is 0.374. The Balaban J connectivity index is 2.10. The molecule has 1 saturated carbocycles. The molecule has 0 radical (unpaired) electrons. The van der Waals surface area contributed by atoms with E-state index >= 15 is 0 Å². The topological polar surface area (TPSA) is 38.9 Å². The van der Waals surface area contributed by atoms with Gasteiger partial charge in [0, 0.05) is 28.3 Å². The second-order valence-corrected chi connectivity index (χ2v) is 4.94. The van der Waals surface area contributed by atoms with E-state index in [0.29, 0.717) is 12.0 Å². The van der Waals surface area contributed by atoms with Crippen LogP contribution in [0.2, 0.25) is 0 Å². The molecular weight excluding hydrogens is 240 g/mol. The van der Waals surface area contributed by atoms with Gasteiger partial charge in [-0.25, -0.2) is 0 Å². The Hall–Kier alpha value is -0.410. The van der Waals surface area contributed by atoms with Crippen LogP contribution in [-0.2, 0) is 0 Å². The zero-order valence-electron chi connectivity index (χ0n) is 8.12. The molecule has 3 heteroatoms. The van der Waals surface area contributed by atoms with Gasteiger partial charge < -0.3 is 5.73 Å². The summed E-state index contributed by atoms with van der Waals surface area (Å²) in [6, 6.07) is 4.54. The van der Waals surface area contributed by atoms with Gasteiger partial charge in [0.2, 0.25) is 0 Å². The smallest absolute Gasteiger partial charge is 0.0435 e. The van der Waals surface area contributed by atoms with Gasteiger partial charge in [-0.1, -0.05) is 6.42 Å². The van der Waals surface area contributed by atoms with Crippen LogP contribution in [0.5, 0.6) is 0 Å². The van der Waals surface area contributed by atoms with Gasteiger partial charge in [-0.15, -0.1) is 0 Å². The van der Waals surface area contributed by atoms with Crippen LogP contribution in [0.25, 0.3) is 0 Å². The Morgan fingerprint density at radius 1 is 1.36 bits per heavy atom. The Bertz CT molecular complexity index is 297. The third kappa shape index (κ3) is 2.34. The van der Waals surface area contributed by atoms with Crippen molar-refractivity contribution in [1.82, 2.24) is 4.98 Å². The summed E-state index contributed by atoms with van der Waals surface area (Å²) in [5.41, 5.74) is 7.15. The molecule has 2 unspecified atom stereocenters. The van der Waals surface area contributed by atoms with Crippen molar-refractivity contribution in [3.8, 4) is 0 Å². The van der Waals surface area contributed by atoms with E-state index in [-0.39, 0.29) is 0 Å². The van der Waals surface area contributed by atoms with Gasteiger partial charge in [-0.2, -0.15) is 0 Å². The fourth-order valence-electron chi connectivity index (χ4n) is 2.12. The first-order chi connectivity index (χ1) is 6.75. The minimum absolute atomic E-state index is 0.374. The SMILES string of the molecule is NC1CCCC(c2ccc(Br)cn2)C1. The molecule has 0 amide bonds. The summed E-state index contributed by atoms with van der Waals surface area (Å²) in [6.07, 6.45) is 6.61. The molecule has 76 valence electrons. The maximum atomic E-state index is 5.96. The third-order valence-corrected chi connectivity index (χ3v) is 3.35. The van der Waals surface area contributed by atoms with Crippen molar-refractivity contribution in [2.75, 3.05) is 0 Å². The molecule has 0 aromatic carbocycles. The molecular formula is C11H15BrN2. The zero-order chi connectivity index (χ0) is 9.97. The van der Waals surface area contributed by atoms with Crippen molar-refractivity contribution in [3.63, 3.8) is 0 Å². The number of nitrogens with two attached hydrogens (primary N) is 1. The zero-order valence-corrected chi connectivity index (χ0v) is 9.70. The highest BCUT2D eigenvalue weighted by molar-refractivity contribution is 9.10. The van der Waals surface area contributed by atoms with E-state index in [1.807, 2.05) is 6.20 Å². The fourth-order valence-corrected chi connectivity index (χ4v) is 2.36. The molecule has 0 spiro atoms. The van der Waals surface area contributed by atoms with E-state index in [4.69, 9.17) is 5.73 Å². The molecule has 0 aliphatic heterocycles. The molecule has 2 atom stereocenters. The molecule has 1 fully saturated rings. The number of nitrogens with zero attached hydrogens (tertiary/aromatic N) is 1. The van der Waals surface area contributed by atoms with E-state index in [2.05, 4.69) is 33.0 Å². The van der Waals surface area contributed by atoms with Crippen LogP contribution in [0.15, 0.2) is 22.8 Å². The van der Waals surface area contributed by atoms with E-state index in [9.17, 15) is 0 Å². The minimum Gasteiger partial charge on any atom is -0.328 e. The van der Waals surface area contributed by atoms with E-state index in [1.54, 1.807) is 0 Å². The van der Waals surface area contributed by atoms with Gasteiger partial charge in [0.15, 0.2) is 0 Å². The summed E-state index contributed by atoms with van der Waals surface area (Å²) in [5, 5.41) is 0. The van der Waals surface area contributed by atoms with Crippen molar-refractivity contribution < 1.29 is 0 Å². The first-order valence-electron chi connectivity index (χ1n) is 5.13. The van der Waals surface area contributed by atoms with Crippen molar-refractivity contribution in [2.24, 2.45) is 5.73 Å². The molecule has 1 aliphatic rings. The average Bonchev–Trinajstić information content (AvgIpc) is 2.19. The molecule has 2 rings (SSSR count). The fraction of sp³-hybridized carbons (Fsp3) is 0.545. The Morgan fingerprint density at radius 3 is 2.86 bits per heavy atom. The predicted octanol–water partition coefficient (Wildman–Crippen LogP) is 2.83. The molecule has 2 N–H and O–H groups in total. The highest BCUT2D eigenvalue weighted by atomic mass is 79.9. The largest absolute Gasteiger partial charge is 0.328 e. The summed E-state index contributed by atoms with van der Waals surface area (Å²) in [7, 11) is 0. The molecule has 2 nitrogen and oxygen atoms in total. The van der Waals surface area contributed by atoms with Crippen molar-refractivity contribution in [2.45, 2.75) is 37.6 Å². The van der Waals surface area contributed by atoms with Crippen molar-refractivity contribution in [3.05, 3.63) is 28.5 Å². The monoisotopic (exact) mass is 254 g/mol. The highest BCUT2D eigenvalue weighted by Gasteiger charge is 2.21. The van der Waals surface area contributed by atoms with Gasteiger partial charge in [-0.3, -0.25) is 4.98 Å². The van der Waals surface area contributed by atoms with Crippen LogP contribution in [0.4, 0.5) is 0 Å². The lowest BCUT2D eigenvalue weighted by Gasteiger charge is -2.26. The maximum absolute atomic E-state index is 5.96. The van der Waals surface area contributed by atoms with Crippen LogP contribution in [0.1, 0.15) is 37.3 Å². The first-order valence-corrected chi connectivity index (χ1v) is 5.92.